The quantitative estimate of drug-likeness (QED) is 0.901. The molecule has 20 heavy (non-hydrogen) atoms. The Balaban J connectivity index is 2.30. The van der Waals surface area contributed by atoms with Gasteiger partial charge in [0.25, 0.3) is 0 Å². The van der Waals surface area contributed by atoms with E-state index in [1.807, 2.05) is 49.4 Å². The lowest BCUT2D eigenvalue weighted by molar-refractivity contribution is 0.147. The number of aryl methyl sites for hydroxylation is 2. The first-order valence-electron chi connectivity index (χ1n) is 6.73. The summed E-state index contributed by atoms with van der Waals surface area (Å²) in [7, 11) is 0. The molecule has 0 saturated carbocycles. The molecule has 0 saturated heterocycles. The molecule has 0 aromatic heterocycles. The molecule has 0 spiro atoms. The van der Waals surface area contributed by atoms with Crippen molar-refractivity contribution in [2.45, 2.75) is 25.9 Å². The highest BCUT2D eigenvalue weighted by atomic mass is 35.5. The molecule has 106 valence electrons. The van der Waals surface area contributed by atoms with E-state index in [1.54, 1.807) is 0 Å². The van der Waals surface area contributed by atoms with E-state index < -0.39 is 6.10 Å². The van der Waals surface area contributed by atoms with Gasteiger partial charge >= 0.3 is 0 Å². The van der Waals surface area contributed by atoms with E-state index in [-0.39, 0.29) is 5.92 Å². The van der Waals surface area contributed by atoms with Gasteiger partial charge in [-0.3, -0.25) is 0 Å². The van der Waals surface area contributed by atoms with Gasteiger partial charge in [0, 0.05) is 17.5 Å². The van der Waals surface area contributed by atoms with E-state index in [1.165, 1.54) is 11.1 Å². The minimum Gasteiger partial charge on any atom is -0.388 e. The standard InChI is InChI=1S/C17H20ClNO/c1-11-3-4-14(9-12(11)2)17(20)16(10-19)13-5-7-15(18)8-6-13/h3-9,16-17,20H,10,19H2,1-2H3. The van der Waals surface area contributed by atoms with Crippen molar-refractivity contribution in [2.75, 3.05) is 6.54 Å². The van der Waals surface area contributed by atoms with Gasteiger partial charge in [0.1, 0.15) is 0 Å². The Kier molecular flexibility index (Phi) is 4.81. The third-order valence-electron chi connectivity index (χ3n) is 3.81. The molecule has 0 aliphatic rings. The zero-order valence-electron chi connectivity index (χ0n) is 11.8. The summed E-state index contributed by atoms with van der Waals surface area (Å²) < 4.78 is 0. The van der Waals surface area contributed by atoms with Crippen LogP contribution >= 0.6 is 11.6 Å². The first kappa shape index (κ1) is 15.0. The van der Waals surface area contributed by atoms with Crippen molar-refractivity contribution in [3.8, 4) is 0 Å². The SMILES string of the molecule is Cc1ccc(C(O)C(CN)c2ccc(Cl)cc2)cc1C. The molecule has 0 bridgehead atoms. The van der Waals surface area contributed by atoms with Gasteiger partial charge < -0.3 is 10.8 Å². The van der Waals surface area contributed by atoms with E-state index in [0.29, 0.717) is 11.6 Å². The molecule has 0 fully saturated rings. The number of benzene rings is 2. The summed E-state index contributed by atoms with van der Waals surface area (Å²) >= 11 is 5.90. The van der Waals surface area contributed by atoms with Gasteiger partial charge in [-0.2, -0.15) is 0 Å². The first-order chi connectivity index (χ1) is 9.52. The van der Waals surface area contributed by atoms with Crippen molar-refractivity contribution in [1.82, 2.24) is 0 Å². The molecule has 0 aliphatic carbocycles. The number of hydrogen-bond acceptors (Lipinski definition) is 2. The monoisotopic (exact) mass is 289 g/mol. The van der Waals surface area contributed by atoms with E-state index in [0.717, 1.165) is 11.1 Å². The highest BCUT2D eigenvalue weighted by Gasteiger charge is 2.21. The second-order valence-electron chi connectivity index (χ2n) is 5.18. The summed E-state index contributed by atoms with van der Waals surface area (Å²) in [4.78, 5) is 0. The second-order valence-corrected chi connectivity index (χ2v) is 5.62. The second kappa shape index (κ2) is 6.40. The fraction of sp³-hybridized carbons (Fsp3) is 0.294. The Bertz CT molecular complexity index is 580. The molecular formula is C17H20ClNO. The Morgan fingerprint density at radius 3 is 2.15 bits per heavy atom. The molecule has 2 atom stereocenters. The molecule has 2 unspecified atom stereocenters. The summed E-state index contributed by atoms with van der Waals surface area (Å²) in [6.07, 6.45) is -0.611. The average Bonchev–Trinajstić information content (AvgIpc) is 2.44. The van der Waals surface area contributed by atoms with Crippen LogP contribution in [0.3, 0.4) is 0 Å². The van der Waals surface area contributed by atoms with Crippen molar-refractivity contribution in [3.05, 3.63) is 69.7 Å². The predicted molar refractivity (Wildman–Crippen MR) is 84.1 cm³/mol. The van der Waals surface area contributed by atoms with Gasteiger partial charge in [0.15, 0.2) is 0 Å². The topological polar surface area (TPSA) is 46.2 Å². The van der Waals surface area contributed by atoms with Crippen molar-refractivity contribution < 1.29 is 5.11 Å². The maximum absolute atomic E-state index is 10.6. The van der Waals surface area contributed by atoms with Gasteiger partial charge in [-0.1, -0.05) is 41.9 Å². The van der Waals surface area contributed by atoms with Gasteiger partial charge in [-0.25, -0.2) is 0 Å². The lowest BCUT2D eigenvalue weighted by Crippen LogP contribution is -2.20. The average molecular weight is 290 g/mol. The molecule has 2 aromatic carbocycles. The van der Waals surface area contributed by atoms with Gasteiger partial charge in [-0.05, 0) is 48.2 Å². The molecule has 0 aliphatic heterocycles. The number of halogens is 1. The van der Waals surface area contributed by atoms with Crippen LogP contribution in [0.25, 0.3) is 0 Å². The Hall–Kier alpha value is -1.35. The normalized spacial score (nSPS) is 14.1. The van der Waals surface area contributed by atoms with Gasteiger partial charge in [-0.15, -0.1) is 0 Å². The van der Waals surface area contributed by atoms with Gasteiger partial charge in [0.05, 0.1) is 6.10 Å². The highest BCUT2D eigenvalue weighted by Crippen LogP contribution is 2.31. The van der Waals surface area contributed by atoms with Crippen LogP contribution in [0, 0.1) is 13.8 Å². The first-order valence-corrected chi connectivity index (χ1v) is 7.11. The van der Waals surface area contributed by atoms with E-state index in [9.17, 15) is 5.11 Å². The minimum atomic E-state index is -0.611. The highest BCUT2D eigenvalue weighted by molar-refractivity contribution is 6.30. The van der Waals surface area contributed by atoms with E-state index in [4.69, 9.17) is 17.3 Å². The van der Waals surface area contributed by atoms with Crippen molar-refractivity contribution >= 4 is 11.6 Å². The number of nitrogens with two attached hydrogens (primary N) is 1. The molecular weight excluding hydrogens is 270 g/mol. The number of aliphatic hydroxyl groups excluding tert-OH is 1. The van der Waals surface area contributed by atoms with Crippen molar-refractivity contribution in [2.24, 2.45) is 5.73 Å². The third kappa shape index (κ3) is 3.21. The third-order valence-corrected chi connectivity index (χ3v) is 4.06. The Morgan fingerprint density at radius 1 is 1.00 bits per heavy atom. The molecule has 3 N–H and O–H groups in total. The smallest absolute Gasteiger partial charge is 0.0870 e. The zero-order chi connectivity index (χ0) is 14.7. The van der Waals surface area contributed by atoms with Crippen LogP contribution < -0.4 is 5.73 Å². The predicted octanol–water partition coefficient (Wildman–Crippen LogP) is 3.73. The summed E-state index contributed by atoms with van der Waals surface area (Å²) in [6.45, 7) is 4.49. The maximum atomic E-state index is 10.6. The largest absolute Gasteiger partial charge is 0.388 e. The summed E-state index contributed by atoms with van der Waals surface area (Å²) in [5.74, 6) is -0.130. The fourth-order valence-electron chi connectivity index (χ4n) is 2.34. The molecule has 2 rings (SSSR count). The Labute approximate surface area is 125 Å². The minimum absolute atomic E-state index is 0.130. The van der Waals surface area contributed by atoms with E-state index >= 15 is 0 Å². The lowest BCUT2D eigenvalue weighted by Gasteiger charge is -2.23. The molecule has 2 aromatic rings. The summed E-state index contributed by atoms with van der Waals surface area (Å²) in [5.41, 5.74) is 10.2. The maximum Gasteiger partial charge on any atom is 0.0870 e. The summed E-state index contributed by atoms with van der Waals surface area (Å²) in [5, 5.41) is 11.3. The molecule has 2 nitrogen and oxygen atoms in total. The van der Waals surface area contributed by atoms with Crippen LogP contribution in [-0.4, -0.2) is 11.7 Å². The van der Waals surface area contributed by atoms with Crippen LogP contribution in [0.1, 0.15) is 34.3 Å². The van der Waals surface area contributed by atoms with Crippen LogP contribution in [0.2, 0.25) is 5.02 Å². The van der Waals surface area contributed by atoms with Crippen LogP contribution in [0.5, 0.6) is 0 Å². The number of rotatable bonds is 4. The zero-order valence-corrected chi connectivity index (χ0v) is 12.6. The number of hydrogen-bond donors (Lipinski definition) is 2. The molecule has 0 radical (unpaired) electrons. The van der Waals surface area contributed by atoms with Crippen LogP contribution in [0.15, 0.2) is 42.5 Å². The Morgan fingerprint density at radius 2 is 1.60 bits per heavy atom. The molecule has 3 heteroatoms. The van der Waals surface area contributed by atoms with Crippen molar-refractivity contribution in [1.29, 1.82) is 0 Å². The number of aliphatic hydroxyl groups is 1. The summed E-state index contributed by atoms with van der Waals surface area (Å²) in [6, 6.07) is 13.5. The van der Waals surface area contributed by atoms with Crippen LogP contribution in [0.4, 0.5) is 0 Å². The van der Waals surface area contributed by atoms with Crippen LogP contribution in [-0.2, 0) is 0 Å². The lowest BCUT2D eigenvalue weighted by atomic mass is 9.88. The molecule has 0 amide bonds. The molecule has 0 heterocycles. The van der Waals surface area contributed by atoms with E-state index in [2.05, 4.69) is 6.92 Å². The van der Waals surface area contributed by atoms with Crippen molar-refractivity contribution in [3.63, 3.8) is 0 Å². The van der Waals surface area contributed by atoms with Gasteiger partial charge in [0.2, 0.25) is 0 Å². The fourth-order valence-corrected chi connectivity index (χ4v) is 2.46.